The predicted octanol–water partition coefficient (Wildman–Crippen LogP) is 4.67. The van der Waals surface area contributed by atoms with Crippen LogP contribution in [0.4, 0.5) is 5.82 Å². The topological polar surface area (TPSA) is 30.3 Å². The van der Waals surface area contributed by atoms with Crippen LogP contribution in [0.5, 0.6) is 0 Å². The van der Waals surface area contributed by atoms with Crippen molar-refractivity contribution in [3.05, 3.63) is 58.9 Å². The molecule has 0 spiro atoms. The average Bonchev–Trinajstić information content (AvgIpc) is 2.93. The van der Waals surface area contributed by atoms with E-state index in [0.717, 1.165) is 45.1 Å². The van der Waals surface area contributed by atoms with Crippen LogP contribution in [0.25, 0.3) is 10.9 Å². The van der Waals surface area contributed by atoms with Crippen molar-refractivity contribution in [3.8, 4) is 0 Å². The smallest absolute Gasteiger partial charge is 0.138 e. The summed E-state index contributed by atoms with van der Waals surface area (Å²) in [7, 11) is 0. The van der Waals surface area contributed by atoms with E-state index in [0.29, 0.717) is 0 Å². The third kappa shape index (κ3) is 3.56. The highest BCUT2D eigenvalue weighted by Gasteiger charge is 2.22. The minimum atomic E-state index is 0. The van der Waals surface area contributed by atoms with Crippen molar-refractivity contribution in [2.24, 2.45) is 0 Å². The van der Waals surface area contributed by atoms with Crippen molar-refractivity contribution in [2.75, 3.05) is 24.7 Å². The number of hydrogen-bond donors (Lipinski definition) is 0. The maximum Gasteiger partial charge on any atom is 0.138 e. The van der Waals surface area contributed by atoms with Crippen LogP contribution in [0.3, 0.4) is 0 Å². The van der Waals surface area contributed by atoms with E-state index < -0.39 is 0 Å². The first-order valence-corrected chi connectivity index (χ1v) is 9.54. The number of anilines is 1. The maximum absolute atomic E-state index is 5.59. The summed E-state index contributed by atoms with van der Waals surface area (Å²) in [4.78, 5) is 7.23. The molecule has 4 rings (SSSR count). The molecule has 2 aromatic heterocycles. The molecule has 0 aliphatic carbocycles. The van der Waals surface area contributed by atoms with Crippen LogP contribution in [0.1, 0.15) is 29.3 Å². The van der Waals surface area contributed by atoms with Gasteiger partial charge < -0.3 is 14.2 Å². The number of fused-ring (bicyclic) bond motifs is 2. The summed E-state index contributed by atoms with van der Waals surface area (Å²) in [5.74, 6) is 1.12. The Bertz CT molecular complexity index is 935. The fourth-order valence-electron chi connectivity index (χ4n) is 4.09. The summed E-state index contributed by atoms with van der Waals surface area (Å²) in [6, 6.07) is 10.9. The highest BCUT2D eigenvalue weighted by Crippen LogP contribution is 2.34. The predicted molar refractivity (Wildman–Crippen MR) is 114 cm³/mol. The van der Waals surface area contributed by atoms with Crippen molar-refractivity contribution in [1.29, 1.82) is 0 Å². The fraction of sp³-hybridized carbons (Fsp3) is 0.409. The van der Waals surface area contributed by atoms with Crippen LogP contribution in [0, 0.1) is 13.8 Å². The highest BCUT2D eigenvalue weighted by molar-refractivity contribution is 5.94. The average molecular weight is 386 g/mol. The number of nitrogens with zero attached hydrogens (tertiary/aromatic N) is 3. The van der Waals surface area contributed by atoms with Crippen molar-refractivity contribution >= 4 is 29.1 Å². The van der Waals surface area contributed by atoms with E-state index in [2.05, 4.69) is 53.6 Å². The first kappa shape index (κ1) is 19.7. The van der Waals surface area contributed by atoms with Gasteiger partial charge in [-0.15, -0.1) is 12.4 Å². The number of aromatic nitrogens is 2. The van der Waals surface area contributed by atoms with Gasteiger partial charge in [0.25, 0.3) is 0 Å². The van der Waals surface area contributed by atoms with Crippen LogP contribution in [0.15, 0.2) is 36.5 Å². The third-order valence-corrected chi connectivity index (χ3v) is 5.62. The fourth-order valence-corrected chi connectivity index (χ4v) is 4.09. The van der Waals surface area contributed by atoms with Gasteiger partial charge in [-0.1, -0.05) is 24.3 Å². The summed E-state index contributed by atoms with van der Waals surface area (Å²) >= 11 is 0. The van der Waals surface area contributed by atoms with E-state index in [9.17, 15) is 0 Å². The molecular formula is C22H28ClN3O. The second-order valence-corrected chi connectivity index (χ2v) is 7.03. The van der Waals surface area contributed by atoms with Crippen molar-refractivity contribution in [1.82, 2.24) is 9.55 Å². The van der Waals surface area contributed by atoms with Gasteiger partial charge in [0.15, 0.2) is 0 Å². The van der Waals surface area contributed by atoms with Gasteiger partial charge in [-0.05, 0) is 49.9 Å². The van der Waals surface area contributed by atoms with Gasteiger partial charge in [-0.3, -0.25) is 0 Å². The summed E-state index contributed by atoms with van der Waals surface area (Å²) in [5.41, 5.74) is 6.80. The molecule has 0 N–H and O–H groups in total. The number of rotatable bonds is 5. The van der Waals surface area contributed by atoms with Crippen LogP contribution >= 0.6 is 12.4 Å². The molecule has 1 aliphatic rings. The lowest BCUT2D eigenvalue weighted by atomic mass is 9.99. The standard InChI is InChI=1S/C22H27N3O.ClH/c1-4-26-14-13-25-17(3)16(2)21-20(25)9-11-23-22(21)24-12-10-18-7-5-6-8-19(18)15-24;/h5-9,11H,4,10,12-15H2,1-3H3;1H. The van der Waals surface area contributed by atoms with E-state index >= 15 is 0 Å². The van der Waals surface area contributed by atoms with E-state index in [4.69, 9.17) is 9.72 Å². The number of halogens is 1. The van der Waals surface area contributed by atoms with Gasteiger partial charge in [0, 0.05) is 43.5 Å². The molecule has 1 aliphatic heterocycles. The molecule has 0 bridgehead atoms. The summed E-state index contributed by atoms with van der Waals surface area (Å²) in [6.07, 6.45) is 3.03. The number of ether oxygens (including phenoxy) is 1. The van der Waals surface area contributed by atoms with Crippen LogP contribution in [-0.2, 0) is 24.2 Å². The van der Waals surface area contributed by atoms with E-state index in [1.54, 1.807) is 0 Å². The molecule has 0 saturated heterocycles. The van der Waals surface area contributed by atoms with Gasteiger partial charge in [0.05, 0.1) is 12.1 Å². The Morgan fingerprint density at radius 3 is 2.67 bits per heavy atom. The largest absolute Gasteiger partial charge is 0.380 e. The highest BCUT2D eigenvalue weighted by atomic mass is 35.5. The number of pyridine rings is 1. The molecule has 0 atom stereocenters. The zero-order chi connectivity index (χ0) is 18.1. The molecule has 0 radical (unpaired) electrons. The molecule has 1 aromatic carbocycles. The molecule has 4 nitrogen and oxygen atoms in total. The molecule has 0 saturated carbocycles. The quantitative estimate of drug-likeness (QED) is 0.597. The van der Waals surface area contributed by atoms with Crippen LogP contribution in [0.2, 0.25) is 0 Å². The molecule has 144 valence electrons. The van der Waals surface area contributed by atoms with Gasteiger partial charge >= 0.3 is 0 Å². The monoisotopic (exact) mass is 385 g/mol. The SMILES string of the molecule is CCOCCn1c(C)c(C)c2c(N3CCc4ccccc4C3)nccc21.Cl. The Hall–Kier alpha value is -2.04. The molecule has 3 heterocycles. The second-order valence-electron chi connectivity index (χ2n) is 7.03. The molecule has 0 unspecified atom stereocenters. The summed E-state index contributed by atoms with van der Waals surface area (Å²) in [5, 5.41) is 1.29. The third-order valence-electron chi connectivity index (χ3n) is 5.62. The first-order chi connectivity index (χ1) is 12.7. The van der Waals surface area contributed by atoms with Crippen LogP contribution < -0.4 is 4.90 Å². The van der Waals surface area contributed by atoms with Crippen LogP contribution in [-0.4, -0.2) is 29.3 Å². The number of hydrogen-bond acceptors (Lipinski definition) is 3. The van der Waals surface area contributed by atoms with Gasteiger partial charge in [0.1, 0.15) is 5.82 Å². The first-order valence-electron chi connectivity index (χ1n) is 9.54. The number of aryl methyl sites for hydroxylation is 1. The Labute approximate surface area is 167 Å². The minimum Gasteiger partial charge on any atom is -0.380 e. The zero-order valence-corrected chi connectivity index (χ0v) is 17.2. The van der Waals surface area contributed by atoms with Gasteiger partial charge in [-0.2, -0.15) is 0 Å². The van der Waals surface area contributed by atoms with Crippen molar-refractivity contribution in [3.63, 3.8) is 0 Å². The Morgan fingerprint density at radius 2 is 1.89 bits per heavy atom. The van der Waals surface area contributed by atoms with E-state index in [-0.39, 0.29) is 12.4 Å². The molecule has 3 aromatic rings. The lowest BCUT2D eigenvalue weighted by Crippen LogP contribution is -2.31. The lowest BCUT2D eigenvalue weighted by molar-refractivity contribution is 0.139. The second kappa shape index (κ2) is 8.32. The summed E-state index contributed by atoms with van der Waals surface area (Å²) < 4.78 is 7.97. The normalized spacial score (nSPS) is 13.5. The van der Waals surface area contributed by atoms with Gasteiger partial charge in [-0.25, -0.2) is 4.98 Å². The number of benzene rings is 1. The Morgan fingerprint density at radius 1 is 1.11 bits per heavy atom. The van der Waals surface area contributed by atoms with E-state index in [1.807, 2.05) is 13.1 Å². The molecule has 0 fully saturated rings. The van der Waals surface area contributed by atoms with Gasteiger partial charge in [0.2, 0.25) is 0 Å². The Balaban J connectivity index is 0.00000210. The molecular weight excluding hydrogens is 358 g/mol. The minimum absolute atomic E-state index is 0. The summed E-state index contributed by atoms with van der Waals surface area (Å²) in [6.45, 7) is 10.8. The zero-order valence-electron chi connectivity index (χ0n) is 16.4. The van der Waals surface area contributed by atoms with E-state index in [1.165, 1.54) is 33.3 Å². The van der Waals surface area contributed by atoms with Crippen molar-refractivity contribution < 1.29 is 4.74 Å². The molecule has 0 amide bonds. The lowest BCUT2D eigenvalue weighted by Gasteiger charge is -2.30. The molecule has 5 heteroatoms. The Kier molecular flexibility index (Phi) is 6.08. The molecule has 27 heavy (non-hydrogen) atoms. The van der Waals surface area contributed by atoms with Crippen molar-refractivity contribution in [2.45, 2.75) is 40.3 Å². The maximum atomic E-state index is 5.59.